The Labute approximate surface area is 81.9 Å². The molecule has 0 aromatic rings. The minimum Gasteiger partial charge on any atom is -0.385 e. The molecule has 0 aromatic carbocycles. The van der Waals surface area contributed by atoms with Gasteiger partial charge >= 0.3 is 0 Å². The van der Waals surface area contributed by atoms with Gasteiger partial charge in [0.2, 0.25) is 5.91 Å². The number of hydrogen-bond acceptors (Lipinski definition) is 2. The fourth-order valence-corrected chi connectivity index (χ4v) is 0.739. The van der Waals surface area contributed by atoms with Gasteiger partial charge < -0.3 is 10.1 Å². The lowest BCUT2D eigenvalue weighted by Gasteiger charge is -2.10. The smallest absolute Gasteiger partial charge is 0.216 e. The molecular weight excluding hydrogens is 166 g/mol. The Hall–Kier alpha value is -0.570. The monoisotopic (exact) mass is 189 g/mol. The SMILES string of the molecule is CC.COCCC(C)CNC(C)=O. The zero-order valence-corrected chi connectivity index (χ0v) is 9.52. The molecule has 0 aliphatic carbocycles. The number of rotatable bonds is 5. The van der Waals surface area contributed by atoms with Gasteiger partial charge in [-0.2, -0.15) is 0 Å². The van der Waals surface area contributed by atoms with Gasteiger partial charge in [-0.3, -0.25) is 4.79 Å². The van der Waals surface area contributed by atoms with E-state index in [1.807, 2.05) is 13.8 Å². The van der Waals surface area contributed by atoms with E-state index in [1.54, 1.807) is 7.11 Å². The summed E-state index contributed by atoms with van der Waals surface area (Å²) in [6.45, 7) is 9.14. The van der Waals surface area contributed by atoms with E-state index in [-0.39, 0.29) is 5.91 Å². The molecule has 13 heavy (non-hydrogen) atoms. The molecule has 0 bridgehead atoms. The lowest BCUT2D eigenvalue weighted by molar-refractivity contribution is -0.119. The van der Waals surface area contributed by atoms with E-state index in [1.165, 1.54) is 6.92 Å². The predicted octanol–water partition coefficient (Wildman–Crippen LogP) is 1.82. The molecule has 0 aromatic heterocycles. The van der Waals surface area contributed by atoms with Crippen molar-refractivity contribution in [3.8, 4) is 0 Å². The number of hydrogen-bond donors (Lipinski definition) is 1. The van der Waals surface area contributed by atoms with Crippen LogP contribution in [0.4, 0.5) is 0 Å². The average Bonchev–Trinajstić information content (AvgIpc) is 2.14. The molecule has 3 nitrogen and oxygen atoms in total. The minimum absolute atomic E-state index is 0.0364. The molecule has 0 saturated heterocycles. The van der Waals surface area contributed by atoms with Gasteiger partial charge in [0.1, 0.15) is 0 Å². The molecule has 0 fully saturated rings. The van der Waals surface area contributed by atoms with Crippen molar-refractivity contribution in [2.45, 2.75) is 34.1 Å². The number of carbonyl (C=O) groups excluding carboxylic acids is 1. The van der Waals surface area contributed by atoms with Gasteiger partial charge in [-0.1, -0.05) is 20.8 Å². The van der Waals surface area contributed by atoms with Crippen LogP contribution in [0.5, 0.6) is 0 Å². The molecule has 3 heteroatoms. The molecule has 0 heterocycles. The van der Waals surface area contributed by atoms with Crippen molar-refractivity contribution < 1.29 is 9.53 Å². The van der Waals surface area contributed by atoms with Crippen molar-refractivity contribution >= 4 is 5.91 Å². The van der Waals surface area contributed by atoms with Crippen molar-refractivity contribution in [2.75, 3.05) is 20.3 Å². The Morgan fingerprint density at radius 2 is 2.00 bits per heavy atom. The lowest BCUT2D eigenvalue weighted by Crippen LogP contribution is -2.26. The second-order valence-electron chi connectivity index (χ2n) is 2.82. The van der Waals surface area contributed by atoms with E-state index in [9.17, 15) is 4.79 Å². The Kier molecular flexibility index (Phi) is 13.1. The van der Waals surface area contributed by atoms with Gasteiger partial charge in [0.15, 0.2) is 0 Å². The Bertz CT molecular complexity index is 115. The summed E-state index contributed by atoms with van der Waals surface area (Å²) in [6.07, 6.45) is 0.997. The third-order valence-corrected chi connectivity index (χ3v) is 1.51. The molecule has 80 valence electrons. The molecule has 1 amide bonds. The zero-order valence-electron chi connectivity index (χ0n) is 9.52. The molecular formula is C10H23NO2. The second kappa shape index (κ2) is 11.4. The number of amides is 1. The van der Waals surface area contributed by atoms with Gasteiger partial charge in [-0.25, -0.2) is 0 Å². The van der Waals surface area contributed by atoms with Crippen LogP contribution in [-0.2, 0) is 9.53 Å². The van der Waals surface area contributed by atoms with Crippen LogP contribution in [-0.4, -0.2) is 26.2 Å². The van der Waals surface area contributed by atoms with Crippen LogP contribution in [0, 0.1) is 5.92 Å². The zero-order chi connectivity index (χ0) is 10.7. The van der Waals surface area contributed by atoms with Crippen LogP contribution in [0.15, 0.2) is 0 Å². The first kappa shape index (κ1) is 14.9. The quantitative estimate of drug-likeness (QED) is 0.716. The lowest BCUT2D eigenvalue weighted by atomic mass is 10.1. The molecule has 0 saturated carbocycles. The third kappa shape index (κ3) is 14.3. The summed E-state index contributed by atoms with van der Waals surface area (Å²) >= 11 is 0. The highest BCUT2D eigenvalue weighted by Crippen LogP contribution is 1.98. The first-order valence-electron chi connectivity index (χ1n) is 4.90. The van der Waals surface area contributed by atoms with E-state index in [0.717, 1.165) is 19.6 Å². The summed E-state index contributed by atoms with van der Waals surface area (Å²) < 4.78 is 4.91. The summed E-state index contributed by atoms with van der Waals surface area (Å²) in [5, 5.41) is 2.76. The molecule has 0 aliphatic heterocycles. The van der Waals surface area contributed by atoms with Crippen LogP contribution in [0.1, 0.15) is 34.1 Å². The molecule has 1 atom stereocenters. The molecule has 1 N–H and O–H groups in total. The van der Waals surface area contributed by atoms with Crippen LogP contribution >= 0.6 is 0 Å². The molecule has 0 spiro atoms. The van der Waals surface area contributed by atoms with Crippen LogP contribution in [0.25, 0.3) is 0 Å². The van der Waals surface area contributed by atoms with Crippen molar-refractivity contribution in [1.82, 2.24) is 5.32 Å². The van der Waals surface area contributed by atoms with Gasteiger partial charge in [0.25, 0.3) is 0 Å². The largest absolute Gasteiger partial charge is 0.385 e. The van der Waals surface area contributed by atoms with Crippen molar-refractivity contribution in [2.24, 2.45) is 5.92 Å². The van der Waals surface area contributed by atoms with Crippen molar-refractivity contribution in [3.05, 3.63) is 0 Å². The van der Waals surface area contributed by atoms with Gasteiger partial charge in [-0.15, -0.1) is 0 Å². The minimum atomic E-state index is 0.0364. The van der Waals surface area contributed by atoms with Crippen LogP contribution in [0.3, 0.4) is 0 Å². The summed E-state index contributed by atoms with van der Waals surface area (Å²) in [5.74, 6) is 0.535. The maximum Gasteiger partial charge on any atom is 0.216 e. The number of carbonyl (C=O) groups is 1. The highest BCUT2D eigenvalue weighted by atomic mass is 16.5. The van der Waals surface area contributed by atoms with E-state index in [0.29, 0.717) is 5.92 Å². The van der Waals surface area contributed by atoms with Crippen LogP contribution in [0.2, 0.25) is 0 Å². The highest BCUT2D eigenvalue weighted by molar-refractivity contribution is 5.72. The standard InChI is InChI=1S/C8H17NO2.C2H6/c1-7(4-5-11-3)6-9-8(2)10;1-2/h7H,4-6H2,1-3H3,(H,9,10);1-2H3. The molecule has 0 radical (unpaired) electrons. The first-order chi connectivity index (χ1) is 6.16. The maximum absolute atomic E-state index is 10.5. The Balaban J connectivity index is 0. The van der Waals surface area contributed by atoms with Gasteiger partial charge in [-0.05, 0) is 12.3 Å². The van der Waals surface area contributed by atoms with Gasteiger partial charge in [0.05, 0.1) is 0 Å². The van der Waals surface area contributed by atoms with E-state index in [4.69, 9.17) is 4.74 Å². The second-order valence-corrected chi connectivity index (χ2v) is 2.82. The Morgan fingerprint density at radius 1 is 1.46 bits per heavy atom. The maximum atomic E-state index is 10.5. The van der Waals surface area contributed by atoms with E-state index < -0.39 is 0 Å². The van der Waals surface area contributed by atoms with Crippen molar-refractivity contribution in [3.63, 3.8) is 0 Å². The summed E-state index contributed by atoms with van der Waals surface area (Å²) in [6, 6.07) is 0. The van der Waals surface area contributed by atoms with E-state index in [2.05, 4.69) is 12.2 Å². The van der Waals surface area contributed by atoms with Crippen molar-refractivity contribution in [1.29, 1.82) is 0 Å². The van der Waals surface area contributed by atoms with Gasteiger partial charge in [0, 0.05) is 27.2 Å². The first-order valence-corrected chi connectivity index (χ1v) is 4.90. The summed E-state index contributed by atoms with van der Waals surface area (Å²) in [7, 11) is 1.69. The summed E-state index contributed by atoms with van der Waals surface area (Å²) in [5.41, 5.74) is 0. The van der Waals surface area contributed by atoms with Crippen LogP contribution < -0.4 is 5.32 Å². The molecule has 0 rings (SSSR count). The highest BCUT2D eigenvalue weighted by Gasteiger charge is 2.01. The number of nitrogens with one attached hydrogen (secondary N) is 1. The molecule has 0 aliphatic rings. The number of methoxy groups -OCH3 is 1. The molecule has 1 unspecified atom stereocenters. The Morgan fingerprint density at radius 3 is 2.38 bits per heavy atom. The fraction of sp³-hybridized carbons (Fsp3) is 0.900. The summed E-state index contributed by atoms with van der Waals surface area (Å²) in [4.78, 5) is 10.5. The third-order valence-electron chi connectivity index (χ3n) is 1.51. The number of ether oxygens (including phenoxy) is 1. The average molecular weight is 189 g/mol. The van der Waals surface area contributed by atoms with E-state index >= 15 is 0 Å². The predicted molar refractivity (Wildman–Crippen MR) is 55.7 cm³/mol. The topological polar surface area (TPSA) is 38.3 Å². The fourth-order valence-electron chi connectivity index (χ4n) is 0.739. The normalized spacial score (nSPS) is 11.2.